The quantitative estimate of drug-likeness (QED) is 0.737. The normalized spacial score (nSPS) is 12.3. The van der Waals surface area contributed by atoms with Gasteiger partial charge in [-0.05, 0) is 54.4 Å². The second kappa shape index (κ2) is 8.63. The van der Waals surface area contributed by atoms with Gasteiger partial charge in [-0.15, -0.1) is 11.3 Å². The second-order valence-corrected chi connectivity index (χ2v) is 9.08. The highest BCUT2D eigenvalue weighted by Crippen LogP contribution is 2.22. The fourth-order valence-corrected chi connectivity index (χ4v) is 3.50. The van der Waals surface area contributed by atoms with Crippen LogP contribution in [0.15, 0.2) is 38.9 Å². The van der Waals surface area contributed by atoms with Gasteiger partial charge in [-0.25, -0.2) is 18.7 Å². The third kappa shape index (κ3) is 6.10. The van der Waals surface area contributed by atoms with E-state index in [0.717, 1.165) is 13.3 Å². The van der Waals surface area contributed by atoms with Crippen LogP contribution in [-0.4, -0.2) is 32.6 Å². The topological polar surface area (TPSA) is 78.2 Å². The molecule has 0 aliphatic rings. The van der Waals surface area contributed by atoms with Gasteiger partial charge >= 0.3 is 11.8 Å². The van der Waals surface area contributed by atoms with Crippen molar-refractivity contribution in [2.75, 3.05) is 6.54 Å². The molecule has 2 heterocycles. The highest BCUT2D eigenvalue weighted by molar-refractivity contribution is 9.11. The van der Waals surface area contributed by atoms with E-state index in [1.165, 1.54) is 22.2 Å². The zero-order chi connectivity index (χ0) is 19.3. The van der Waals surface area contributed by atoms with Crippen LogP contribution in [0.2, 0.25) is 0 Å². The Kier molecular flexibility index (Phi) is 6.76. The van der Waals surface area contributed by atoms with E-state index in [1.807, 2.05) is 12.1 Å². The van der Waals surface area contributed by atoms with Gasteiger partial charge in [0.15, 0.2) is 0 Å². The van der Waals surface area contributed by atoms with Crippen molar-refractivity contribution in [1.29, 1.82) is 0 Å². The van der Waals surface area contributed by atoms with Crippen LogP contribution in [0, 0.1) is 0 Å². The third-order valence-electron chi connectivity index (χ3n) is 3.12. The lowest BCUT2D eigenvalue weighted by molar-refractivity contribution is 0.0532. The molecule has 0 bridgehead atoms. The molecule has 2 aromatic rings. The van der Waals surface area contributed by atoms with E-state index in [4.69, 9.17) is 4.74 Å². The summed E-state index contributed by atoms with van der Waals surface area (Å²) in [6.45, 7) is 5.44. The Morgan fingerprint density at radius 3 is 2.77 bits per heavy atom. The molecule has 2 rings (SSSR count). The van der Waals surface area contributed by atoms with Gasteiger partial charge in [0.25, 0.3) is 0 Å². The van der Waals surface area contributed by atoms with Crippen LogP contribution in [0.4, 0.5) is 9.18 Å². The number of thiophene rings is 1. The van der Waals surface area contributed by atoms with Gasteiger partial charge in [0.05, 0.1) is 23.2 Å². The van der Waals surface area contributed by atoms with Crippen LogP contribution < -0.4 is 11.0 Å². The van der Waals surface area contributed by atoms with Gasteiger partial charge < -0.3 is 10.1 Å². The smallest absolute Gasteiger partial charge is 0.407 e. The standard InChI is InChI=1S/C16H20BrFN4O3S/c1-16(2,3)25-14(23)19-7-11(6-18)8-22-15(24)21(10-20-22)9-12-4-5-13(17)26-12/h4-6,10H,7-9H2,1-3H3,(H,19,23). The molecule has 0 atom stereocenters. The summed E-state index contributed by atoms with van der Waals surface area (Å²) < 4.78 is 21.8. The largest absolute Gasteiger partial charge is 0.444 e. The maximum Gasteiger partial charge on any atom is 0.407 e. The van der Waals surface area contributed by atoms with Crippen molar-refractivity contribution in [3.8, 4) is 0 Å². The van der Waals surface area contributed by atoms with Crippen molar-refractivity contribution in [3.05, 3.63) is 49.5 Å². The van der Waals surface area contributed by atoms with Gasteiger partial charge in [0.1, 0.15) is 11.9 Å². The van der Waals surface area contributed by atoms with Crippen LogP contribution in [0.5, 0.6) is 0 Å². The van der Waals surface area contributed by atoms with Crippen molar-refractivity contribution >= 4 is 33.4 Å². The van der Waals surface area contributed by atoms with Crippen LogP contribution in [0.25, 0.3) is 0 Å². The number of nitrogens with one attached hydrogen (secondary N) is 1. The Bertz CT molecular complexity index is 850. The van der Waals surface area contributed by atoms with E-state index in [0.29, 0.717) is 12.9 Å². The monoisotopic (exact) mass is 446 g/mol. The molecule has 26 heavy (non-hydrogen) atoms. The van der Waals surface area contributed by atoms with Crippen molar-refractivity contribution in [3.63, 3.8) is 0 Å². The summed E-state index contributed by atoms with van der Waals surface area (Å²) in [5.41, 5.74) is -0.802. The van der Waals surface area contributed by atoms with Gasteiger partial charge in [-0.1, -0.05) is 0 Å². The van der Waals surface area contributed by atoms with Crippen molar-refractivity contribution in [1.82, 2.24) is 19.7 Å². The van der Waals surface area contributed by atoms with Crippen LogP contribution in [-0.2, 0) is 17.8 Å². The number of alkyl carbamates (subject to hydrolysis) is 1. The molecule has 0 aromatic carbocycles. The minimum absolute atomic E-state index is 0.0632. The third-order valence-corrected chi connectivity index (χ3v) is 4.73. The first-order valence-electron chi connectivity index (χ1n) is 7.79. The highest BCUT2D eigenvalue weighted by Gasteiger charge is 2.16. The molecule has 1 N–H and O–H groups in total. The lowest BCUT2D eigenvalue weighted by Crippen LogP contribution is -2.34. The number of carbonyl (C=O) groups is 1. The molecule has 142 valence electrons. The molecule has 0 saturated heterocycles. The van der Waals surface area contributed by atoms with Crippen LogP contribution >= 0.6 is 27.3 Å². The molecule has 0 unspecified atom stereocenters. The Hall–Kier alpha value is -1.94. The van der Waals surface area contributed by atoms with Crippen LogP contribution in [0.3, 0.4) is 0 Å². The molecule has 0 saturated carbocycles. The van der Waals surface area contributed by atoms with Crippen LogP contribution in [0.1, 0.15) is 25.6 Å². The van der Waals surface area contributed by atoms with E-state index < -0.39 is 11.7 Å². The lowest BCUT2D eigenvalue weighted by Gasteiger charge is -2.19. The molecule has 1 amide bonds. The number of ether oxygens (including phenoxy) is 1. The minimum Gasteiger partial charge on any atom is -0.444 e. The summed E-state index contributed by atoms with van der Waals surface area (Å²) in [5.74, 6) is 0. The zero-order valence-electron chi connectivity index (χ0n) is 14.7. The Labute approximate surface area is 162 Å². The summed E-state index contributed by atoms with van der Waals surface area (Å²) in [7, 11) is 0. The lowest BCUT2D eigenvalue weighted by atomic mass is 10.2. The van der Waals surface area contributed by atoms with Gasteiger partial charge in [-0.3, -0.25) is 4.57 Å². The number of aromatic nitrogens is 3. The molecule has 0 aliphatic heterocycles. The first kappa shape index (κ1) is 20.4. The predicted molar refractivity (Wildman–Crippen MR) is 101 cm³/mol. The maximum absolute atomic E-state index is 13.1. The molecule has 0 aliphatic carbocycles. The number of rotatable bonds is 6. The van der Waals surface area contributed by atoms with E-state index in [-0.39, 0.29) is 24.4 Å². The van der Waals surface area contributed by atoms with E-state index in [2.05, 4.69) is 26.3 Å². The Morgan fingerprint density at radius 1 is 1.46 bits per heavy atom. The molecular formula is C16H20BrFN4O3S. The van der Waals surface area contributed by atoms with Crippen molar-refractivity contribution < 1.29 is 13.9 Å². The summed E-state index contributed by atoms with van der Waals surface area (Å²) in [6, 6.07) is 3.82. The van der Waals surface area contributed by atoms with Crippen molar-refractivity contribution in [2.45, 2.75) is 39.5 Å². The Balaban J connectivity index is 1.96. The molecule has 2 aromatic heterocycles. The maximum atomic E-state index is 13.1. The van der Waals surface area contributed by atoms with Gasteiger partial charge in [0, 0.05) is 11.4 Å². The first-order valence-corrected chi connectivity index (χ1v) is 9.40. The molecule has 0 fully saturated rings. The summed E-state index contributed by atoms with van der Waals surface area (Å²) in [6.07, 6.45) is 1.12. The van der Waals surface area contributed by atoms with E-state index in [1.54, 1.807) is 20.8 Å². The zero-order valence-corrected chi connectivity index (χ0v) is 17.1. The summed E-state index contributed by atoms with van der Waals surface area (Å²) >= 11 is 4.90. The molecule has 10 heteroatoms. The number of amides is 1. The summed E-state index contributed by atoms with van der Waals surface area (Å²) in [4.78, 5) is 25.0. The second-order valence-electron chi connectivity index (χ2n) is 6.53. The van der Waals surface area contributed by atoms with Gasteiger partial charge in [0.2, 0.25) is 0 Å². The molecule has 0 radical (unpaired) electrons. The predicted octanol–water partition coefficient (Wildman–Crippen LogP) is 3.30. The van der Waals surface area contributed by atoms with Crippen molar-refractivity contribution in [2.24, 2.45) is 0 Å². The minimum atomic E-state index is -0.655. The molecule has 7 nitrogen and oxygen atoms in total. The molecule has 0 spiro atoms. The fraction of sp³-hybridized carbons (Fsp3) is 0.438. The number of nitrogens with zero attached hydrogens (tertiary/aromatic N) is 3. The van der Waals surface area contributed by atoms with E-state index >= 15 is 0 Å². The van der Waals surface area contributed by atoms with E-state index in [9.17, 15) is 14.0 Å². The SMILES string of the molecule is CC(C)(C)OC(=O)NCC(=CF)Cn1ncn(Cc2ccc(Br)s2)c1=O. The summed E-state index contributed by atoms with van der Waals surface area (Å²) in [5, 5.41) is 6.46. The Morgan fingerprint density at radius 2 is 2.19 bits per heavy atom. The number of carbonyl (C=O) groups excluding carboxylic acids is 1. The highest BCUT2D eigenvalue weighted by atomic mass is 79.9. The first-order chi connectivity index (χ1) is 12.2. The average Bonchev–Trinajstić information content (AvgIpc) is 3.09. The number of halogens is 2. The van der Waals surface area contributed by atoms with Gasteiger partial charge in [-0.2, -0.15) is 5.10 Å². The molecular weight excluding hydrogens is 427 g/mol. The average molecular weight is 447 g/mol. The number of hydrogen-bond donors (Lipinski definition) is 1. The fourth-order valence-electron chi connectivity index (χ4n) is 2.01. The number of hydrogen-bond acceptors (Lipinski definition) is 5.